The summed E-state index contributed by atoms with van der Waals surface area (Å²) in [7, 11) is 0. The molecule has 0 spiro atoms. The Labute approximate surface area is 134 Å². The number of rotatable bonds is 3. The average Bonchev–Trinajstić information content (AvgIpc) is 2.73. The number of carbonyl (C=O) groups is 1. The number of nitrogens with zero attached hydrogens (tertiary/aromatic N) is 2. The van der Waals surface area contributed by atoms with E-state index < -0.39 is 16.0 Å². The van der Waals surface area contributed by atoms with Crippen molar-refractivity contribution in [2.24, 2.45) is 0 Å². The number of H-pyrrole nitrogens is 2. The van der Waals surface area contributed by atoms with Gasteiger partial charge in [0.2, 0.25) is 5.91 Å². The number of aromatic nitrogens is 2. The quantitative estimate of drug-likeness (QED) is 0.492. The highest BCUT2D eigenvalue weighted by atomic mass is 16.6. The molecule has 0 radical (unpaired) electrons. The van der Waals surface area contributed by atoms with Crippen molar-refractivity contribution < 1.29 is 9.72 Å². The molecule has 122 valence electrons. The van der Waals surface area contributed by atoms with Gasteiger partial charge in [0.1, 0.15) is 0 Å². The molecule has 0 fully saturated rings. The lowest BCUT2D eigenvalue weighted by molar-refractivity contribution is -0.384. The molecular formula is C15H12N4O5. The normalized spacial score (nSPS) is 14.2. The molecule has 2 N–H and O–H groups in total. The van der Waals surface area contributed by atoms with Crippen molar-refractivity contribution >= 4 is 22.6 Å². The van der Waals surface area contributed by atoms with Crippen LogP contribution < -0.4 is 11.1 Å². The second-order valence-corrected chi connectivity index (χ2v) is 5.19. The standard InChI is InChI=1S/C15H12N4O5/c20-12-4-2-1-3-5-18(12)8-9-6-10(19(23)24)7-11-13(9)17-15(22)14(21)16-11/h1-3,5-7H,4,8H2,(H,16,21)(H,17,22). The molecule has 0 saturated carbocycles. The summed E-state index contributed by atoms with van der Waals surface area (Å²) < 4.78 is 0. The summed E-state index contributed by atoms with van der Waals surface area (Å²) in [6.45, 7) is 0.0250. The SMILES string of the molecule is O=C1CC=CC=CN1Cc1cc([N+](=O)[O-])cc2[nH]c(=O)c(=O)[nH]c12. The topological polar surface area (TPSA) is 129 Å². The summed E-state index contributed by atoms with van der Waals surface area (Å²) in [4.78, 5) is 51.7. The monoisotopic (exact) mass is 328 g/mol. The number of fused-ring (bicyclic) bond motifs is 1. The van der Waals surface area contributed by atoms with Gasteiger partial charge in [-0.1, -0.05) is 12.2 Å². The van der Waals surface area contributed by atoms with Gasteiger partial charge in [0.05, 0.1) is 22.5 Å². The first-order valence-electron chi connectivity index (χ1n) is 7.02. The van der Waals surface area contributed by atoms with E-state index in [1.165, 1.54) is 11.0 Å². The third-order valence-corrected chi connectivity index (χ3v) is 3.58. The van der Waals surface area contributed by atoms with Crippen molar-refractivity contribution in [3.8, 4) is 0 Å². The number of benzene rings is 1. The van der Waals surface area contributed by atoms with E-state index in [2.05, 4.69) is 9.97 Å². The van der Waals surface area contributed by atoms with Gasteiger partial charge in [-0.25, -0.2) is 0 Å². The summed E-state index contributed by atoms with van der Waals surface area (Å²) in [6.07, 6.45) is 6.86. The van der Waals surface area contributed by atoms with Gasteiger partial charge in [0.25, 0.3) is 5.69 Å². The summed E-state index contributed by atoms with van der Waals surface area (Å²) in [5, 5.41) is 11.1. The van der Waals surface area contributed by atoms with Crippen LogP contribution in [0.2, 0.25) is 0 Å². The number of non-ortho nitro benzene ring substituents is 1. The molecule has 0 atom stereocenters. The lowest BCUT2D eigenvalue weighted by Gasteiger charge is -2.18. The van der Waals surface area contributed by atoms with Crippen LogP contribution in [0.1, 0.15) is 12.0 Å². The zero-order valence-electron chi connectivity index (χ0n) is 12.3. The number of hydrogen-bond acceptors (Lipinski definition) is 5. The second-order valence-electron chi connectivity index (χ2n) is 5.19. The van der Waals surface area contributed by atoms with Gasteiger partial charge in [-0.15, -0.1) is 0 Å². The number of carbonyl (C=O) groups excluding carboxylic acids is 1. The van der Waals surface area contributed by atoms with E-state index in [1.54, 1.807) is 24.4 Å². The molecule has 3 rings (SSSR count). The van der Waals surface area contributed by atoms with Gasteiger partial charge in [-0.05, 0) is 6.08 Å². The molecule has 2 aromatic rings. The zero-order chi connectivity index (χ0) is 17.3. The van der Waals surface area contributed by atoms with Crippen LogP contribution in [0.4, 0.5) is 5.69 Å². The van der Waals surface area contributed by atoms with Gasteiger partial charge < -0.3 is 14.9 Å². The third kappa shape index (κ3) is 2.86. The first kappa shape index (κ1) is 15.4. The lowest BCUT2D eigenvalue weighted by Crippen LogP contribution is -2.30. The Morgan fingerprint density at radius 2 is 1.88 bits per heavy atom. The Bertz CT molecular complexity index is 1010. The molecular weight excluding hydrogens is 316 g/mol. The molecule has 1 aliphatic heterocycles. The predicted molar refractivity (Wildman–Crippen MR) is 85.3 cm³/mol. The Hall–Kier alpha value is -3.49. The van der Waals surface area contributed by atoms with Gasteiger partial charge in [-0.2, -0.15) is 0 Å². The van der Waals surface area contributed by atoms with E-state index >= 15 is 0 Å². The highest BCUT2D eigenvalue weighted by Gasteiger charge is 2.18. The summed E-state index contributed by atoms with van der Waals surface area (Å²) >= 11 is 0. The van der Waals surface area contributed by atoms with E-state index in [4.69, 9.17) is 0 Å². The highest BCUT2D eigenvalue weighted by Crippen LogP contribution is 2.23. The first-order chi connectivity index (χ1) is 11.5. The average molecular weight is 328 g/mol. The molecule has 1 aliphatic rings. The van der Waals surface area contributed by atoms with Gasteiger partial charge in [0.15, 0.2) is 0 Å². The Kier molecular flexibility index (Phi) is 3.82. The van der Waals surface area contributed by atoms with E-state index in [0.29, 0.717) is 5.56 Å². The number of aromatic amines is 2. The molecule has 9 nitrogen and oxygen atoms in total. The third-order valence-electron chi connectivity index (χ3n) is 3.58. The maximum atomic E-state index is 12.1. The molecule has 0 aliphatic carbocycles. The Morgan fingerprint density at radius 3 is 2.62 bits per heavy atom. The van der Waals surface area contributed by atoms with E-state index in [-0.39, 0.29) is 35.6 Å². The summed E-state index contributed by atoms with van der Waals surface area (Å²) in [6, 6.07) is 2.44. The van der Waals surface area contributed by atoms with E-state index in [9.17, 15) is 24.5 Å². The van der Waals surface area contributed by atoms with E-state index in [1.807, 2.05) is 0 Å². The number of allylic oxidation sites excluding steroid dienone is 2. The van der Waals surface area contributed by atoms with Crippen molar-refractivity contribution in [2.45, 2.75) is 13.0 Å². The van der Waals surface area contributed by atoms with Gasteiger partial charge in [0, 0.05) is 30.3 Å². The molecule has 0 unspecified atom stereocenters. The molecule has 9 heteroatoms. The molecule has 0 bridgehead atoms. The Morgan fingerprint density at radius 1 is 1.12 bits per heavy atom. The van der Waals surface area contributed by atoms with Crippen LogP contribution in [0.15, 0.2) is 46.1 Å². The fraction of sp³-hybridized carbons (Fsp3) is 0.133. The molecule has 1 aromatic heterocycles. The van der Waals surface area contributed by atoms with Gasteiger partial charge in [-0.3, -0.25) is 24.5 Å². The number of amides is 1. The minimum atomic E-state index is -0.899. The molecule has 2 heterocycles. The van der Waals surface area contributed by atoms with Crippen molar-refractivity contribution in [3.05, 3.63) is 72.9 Å². The fourth-order valence-electron chi connectivity index (χ4n) is 2.44. The van der Waals surface area contributed by atoms with Crippen LogP contribution in [0.25, 0.3) is 11.0 Å². The van der Waals surface area contributed by atoms with Crippen molar-refractivity contribution in [3.63, 3.8) is 0 Å². The maximum Gasteiger partial charge on any atom is 0.314 e. The Balaban J connectivity index is 2.16. The molecule has 0 saturated heterocycles. The summed E-state index contributed by atoms with van der Waals surface area (Å²) in [5.41, 5.74) is -1.27. The summed E-state index contributed by atoms with van der Waals surface area (Å²) in [5.74, 6) is -0.188. The smallest absolute Gasteiger partial charge is 0.314 e. The van der Waals surface area contributed by atoms with Crippen molar-refractivity contribution in [1.82, 2.24) is 14.9 Å². The van der Waals surface area contributed by atoms with Crippen molar-refractivity contribution in [2.75, 3.05) is 0 Å². The molecule has 1 amide bonds. The highest BCUT2D eigenvalue weighted by molar-refractivity contribution is 5.83. The van der Waals surface area contributed by atoms with Crippen LogP contribution >= 0.6 is 0 Å². The lowest BCUT2D eigenvalue weighted by atomic mass is 10.1. The number of nitro benzene ring substituents is 1. The van der Waals surface area contributed by atoms with Crippen LogP contribution in [-0.4, -0.2) is 25.7 Å². The predicted octanol–water partition coefficient (Wildman–Crippen LogP) is 0.927. The van der Waals surface area contributed by atoms with Crippen molar-refractivity contribution in [1.29, 1.82) is 0 Å². The van der Waals surface area contributed by atoms with Crippen LogP contribution in [0.5, 0.6) is 0 Å². The van der Waals surface area contributed by atoms with Crippen LogP contribution in [0.3, 0.4) is 0 Å². The number of nitrogens with one attached hydrogen (secondary N) is 2. The fourth-order valence-corrected chi connectivity index (χ4v) is 2.44. The van der Waals surface area contributed by atoms with E-state index in [0.717, 1.165) is 6.07 Å². The van der Waals surface area contributed by atoms with Crippen LogP contribution in [0, 0.1) is 10.1 Å². The minimum absolute atomic E-state index is 0.0250. The number of nitro groups is 1. The largest absolute Gasteiger partial charge is 0.316 e. The van der Waals surface area contributed by atoms with Gasteiger partial charge >= 0.3 is 11.1 Å². The molecule has 1 aromatic carbocycles. The second kappa shape index (κ2) is 5.95. The number of hydrogen-bond donors (Lipinski definition) is 2. The first-order valence-corrected chi connectivity index (χ1v) is 7.02. The van der Waals surface area contributed by atoms with Crippen LogP contribution in [-0.2, 0) is 11.3 Å². The maximum absolute atomic E-state index is 12.1. The molecule has 24 heavy (non-hydrogen) atoms. The minimum Gasteiger partial charge on any atom is -0.316 e. The zero-order valence-corrected chi connectivity index (χ0v) is 12.3.